The summed E-state index contributed by atoms with van der Waals surface area (Å²) in [5.41, 5.74) is 1.23. The van der Waals surface area contributed by atoms with Gasteiger partial charge >= 0.3 is 5.97 Å². The SMILES string of the molecule is COC(=O)c1ccc(-c2ccc(/C=C3\SC(=O)N(C)C3=O)o2)cc1. The van der Waals surface area contributed by atoms with E-state index in [1.54, 1.807) is 42.5 Å². The van der Waals surface area contributed by atoms with Gasteiger partial charge < -0.3 is 9.15 Å². The summed E-state index contributed by atoms with van der Waals surface area (Å²) < 4.78 is 10.3. The first-order valence-corrected chi connectivity index (χ1v) is 7.81. The first kappa shape index (κ1) is 16.1. The van der Waals surface area contributed by atoms with Crippen molar-refractivity contribution in [1.82, 2.24) is 4.90 Å². The molecule has 122 valence electrons. The maximum Gasteiger partial charge on any atom is 0.337 e. The number of nitrogens with zero attached hydrogens (tertiary/aromatic N) is 1. The maximum atomic E-state index is 11.9. The fourth-order valence-corrected chi connectivity index (χ4v) is 2.96. The Morgan fingerprint density at radius 3 is 2.46 bits per heavy atom. The van der Waals surface area contributed by atoms with Crippen LogP contribution < -0.4 is 0 Å². The topological polar surface area (TPSA) is 76.8 Å². The van der Waals surface area contributed by atoms with E-state index >= 15 is 0 Å². The number of benzene rings is 1. The molecule has 0 aliphatic carbocycles. The minimum Gasteiger partial charge on any atom is -0.465 e. The van der Waals surface area contributed by atoms with Crippen LogP contribution in [0.4, 0.5) is 4.79 Å². The first-order valence-electron chi connectivity index (χ1n) is 7.00. The zero-order chi connectivity index (χ0) is 17.3. The molecule has 0 N–H and O–H groups in total. The van der Waals surface area contributed by atoms with Crippen LogP contribution in [0.25, 0.3) is 17.4 Å². The predicted octanol–water partition coefficient (Wildman–Crippen LogP) is 3.40. The van der Waals surface area contributed by atoms with E-state index in [9.17, 15) is 14.4 Å². The third kappa shape index (κ3) is 2.98. The maximum absolute atomic E-state index is 11.9. The molecule has 0 saturated carbocycles. The summed E-state index contributed by atoms with van der Waals surface area (Å²) >= 11 is 0.877. The molecule has 1 fully saturated rings. The molecular formula is C17H13NO5S. The van der Waals surface area contributed by atoms with Crippen LogP contribution in [0, 0.1) is 0 Å². The summed E-state index contributed by atoms with van der Waals surface area (Å²) in [4.78, 5) is 36.1. The van der Waals surface area contributed by atoms with Crippen molar-refractivity contribution in [2.45, 2.75) is 0 Å². The van der Waals surface area contributed by atoms with Gasteiger partial charge in [0.05, 0.1) is 17.6 Å². The molecule has 0 spiro atoms. The summed E-state index contributed by atoms with van der Waals surface area (Å²) in [7, 11) is 2.77. The Morgan fingerprint density at radius 1 is 1.17 bits per heavy atom. The van der Waals surface area contributed by atoms with E-state index in [1.165, 1.54) is 14.2 Å². The van der Waals surface area contributed by atoms with E-state index in [4.69, 9.17) is 4.42 Å². The molecule has 2 amide bonds. The molecule has 0 unspecified atom stereocenters. The fraction of sp³-hybridized carbons (Fsp3) is 0.118. The second-order valence-electron chi connectivity index (χ2n) is 5.01. The lowest BCUT2D eigenvalue weighted by Crippen LogP contribution is -2.22. The molecule has 1 aromatic carbocycles. The van der Waals surface area contributed by atoms with Crippen LogP contribution in [0.3, 0.4) is 0 Å². The fourth-order valence-electron chi connectivity index (χ4n) is 2.15. The average molecular weight is 343 g/mol. The van der Waals surface area contributed by atoms with Crippen LogP contribution in [0.5, 0.6) is 0 Å². The highest BCUT2D eigenvalue weighted by atomic mass is 32.2. The number of methoxy groups -OCH3 is 1. The largest absolute Gasteiger partial charge is 0.465 e. The van der Waals surface area contributed by atoms with Crippen LogP contribution in [0.15, 0.2) is 45.7 Å². The smallest absolute Gasteiger partial charge is 0.337 e. The number of ether oxygens (including phenoxy) is 1. The lowest BCUT2D eigenvalue weighted by molar-refractivity contribution is -0.121. The van der Waals surface area contributed by atoms with Gasteiger partial charge in [-0.05, 0) is 36.0 Å². The normalized spacial score (nSPS) is 16.1. The van der Waals surface area contributed by atoms with Gasteiger partial charge in [0.2, 0.25) is 0 Å². The number of rotatable bonds is 3. The van der Waals surface area contributed by atoms with Crippen molar-refractivity contribution < 1.29 is 23.5 Å². The van der Waals surface area contributed by atoms with E-state index in [2.05, 4.69) is 4.74 Å². The predicted molar refractivity (Wildman–Crippen MR) is 89.2 cm³/mol. The lowest BCUT2D eigenvalue weighted by Gasteiger charge is -2.01. The number of carbonyl (C=O) groups is 3. The number of carbonyl (C=O) groups excluding carboxylic acids is 3. The number of imide groups is 1. The minimum atomic E-state index is -0.406. The van der Waals surface area contributed by atoms with E-state index in [-0.39, 0.29) is 11.1 Å². The Kier molecular flexibility index (Phi) is 4.26. The summed E-state index contributed by atoms with van der Waals surface area (Å²) in [5, 5.41) is -0.309. The van der Waals surface area contributed by atoms with Gasteiger partial charge in [0, 0.05) is 18.7 Å². The Hall–Kier alpha value is -2.80. The number of hydrogen-bond acceptors (Lipinski definition) is 6. The highest BCUT2D eigenvalue weighted by Gasteiger charge is 2.32. The molecular weight excluding hydrogens is 330 g/mol. The molecule has 2 aromatic rings. The summed E-state index contributed by atoms with van der Waals surface area (Å²) in [5.74, 6) is 0.316. The summed E-state index contributed by atoms with van der Waals surface area (Å²) in [6, 6.07) is 10.3. The van der Waals surface area contributed by atoms with Gasteiger partial charge in [-0.3, -0.25) is 14.5 Å². The second-order valence-corrected chi connectivity index (χ2v) is 6.00. The molecule has 0 radical (unpaired) electrons. The van der Waals surface area contributed by atoms with Gasteiger partial charge in [0.15, 0.2) is 0 Å². The van der Waals surface area contributed by atoms with Crippen LogP contribution in [-0.2, 0) is 9.53 Å². The number of thioether (sulfide) groups is 1. The molecule has 3 rings (SSSR count). The van der Waals surface area contributed by atoms with Gasteiger partial charge in [-0.25, -0.2) is 4.79 Å². The zero-order valence-corrected chi connectivity index (χ0v) is 13.8. The molecule has 6 nitrogen and oxygen atoms in total. The number of amides is 2. The van der Waals surface area contributed by atoms with Crippen LogP contribution in [0.2, 0.25) is 0 Å². The lowest BCUT2D eigenvalue weighted by atomic mass is 10.1. The number of likely N-dealkylation sites (N-methyl/N-ethyl adjacent to an activating group) is 1. The molecule has 2 heterocycles. The first-order chi connectivity index (χ1) is 11.5. The highest BCUT2D eigenvalue weighted by molar-refractivity contribution is 8.18. The Bertz CT molecular complexity index is 850. The van der Waals surface area contributed by atoms with Crippen molar-refractivity contribution in [3.8, 4) is 11.3 Å². The van der Waals surface area contributed by atoms with Crippen molar-refractivity contribution in [2.24, 2.45) is 0 Å². The van der Waals surface area contributed by atoms with Gasteiger partial charge in [-0.1, -0.05) is 12.1 Å². The van der Waals surface area contributed by atoms with Crippen molar-refractivity contribution in [2.75, 3.05) is 14.2 Å². The number of hydrogen-bond donors (Lipinski definition) is 0. The Morgan fingerprint density at radius 2 is 1.88 bits per heavy atom. The molecule has 1 aromatic heterocycles. The second kappa shape index (κ2) is 6.37. The average Bonchev–Trinajstić information content (AvgIpc) is 3.16. The van der Waals surface area contributed by atoms with Gasteiger partial charge in [-0.15, -0.1) is 0 Å². The third-order valence-electron chi connectivity index (χ3n) is 3.48. The summed E-state index contributed by atoms with van der Waals surface area (Å²) in [6.07, 6.45) is 1.54. The van der Waals surface area contributed by atoms with E-state index in [0.717, 1.165) is 22.2 Å². The Labute approximate surface area is 142 Å². The van der Waals surface area contributed by atoms with Crippen LogP contribution in [0.1, 0.15) is 16.1 Å². The van der Waals surface area contributed by atoms with Crippen molar-refractivity contribution in [3.63, 3.8) is 0 Å². The zero-order valence-electron chi connectivity index (χ0n) is 12.9. The standard InChI is InChI=1S/C17H13NO5S/c1-18-15(19)14(24-17(18)21)9-12-7-8-13(23-12)10-3-5-11(6-4-10)16(20)22-2/h3-9H,1-2H3/b14-9-. The van der Waals surface area contributed by atoms with E-state index in [1.807, 2.05) is 0 Å². The molecule has 1 saturated heterocycles. The van der Waals surface area contributed by atoms with Crippen molar-refractivity contribution in [3.05, 3.63) is 52.6 Å². The van der Waals surface area contributed by atoms with Crippen LogP contribution >= 0.6 is 11.8 Å². The van der Waals surface area contributed by atoms with E-state index < -0.39 is 5.97 Å². The minimum absolute atomic E-state index is 0.309. The molecule has 1 aliphatic rings. The quantitative estimate of drug-likeness (QED) is 0.628. The highest BCUT2D eigenvalue weighted by Crippen LogP contribution is 2.32. The number of furan rings is 1. The van der Waals surface area contributed by atoms with Crippen molar-refractivity contribution in [1.29, 1.82) is 0 Å². The van der Waals surface area contributed by atoms with Gasteiger partial charge in [-0.2, -0.15) is 0 Å². The summed E-state index contributed by atoms with van der Waals surface area (Å²) in [6.45, 7) is 0. The van der Waals surface area contributed by atoms with Crippen LogP contribution in [-0.4, -0.2) is 36.2 Å². The monoisotopic (exact) mass is 343 g/mol. The van der Waals surface area contributed by atoms with Gasteiger partial charge in [0.25, 0.3) is 11.1 Å². The third-order valence-corrected chi connectivity index (χ3v) is 4.44. The van der Waals surface area contributed by atoms with E-state index in [0.29, 0.717) is 22.0 Å². The molecule has 1 aliphatic heterocycles. The van der Waals surface area contributed by atoms with Crippen molar-refractivity contribution >= 4 is 35.0 Å². The van der Waals surface area contributed by atoms with Gasteiger partial charge in [0.1, 0.15) is 11.5 Å². The molecule has 0 bridgehead atoms. The molecule has 24 heavy (non-hydrogen) atoms. The molecule has 0 atom stereocenters. The Balaban J connectivity index is 1.82. The number of esters is 1. The molecule has 7 heteroatoms.